The normalized spacial score (nSPS) is 18.0. The van der Waals surface area contributed by atoms with Gasteiger partial charge in [-0.1, -0.05) is 0 Å². The van der Waals surface area contributed by atoms with Crippen LogP contribution in [0.2, 0.25) is 0 Å². The predicted molar refractivity (Wildman–Crippen MR) is 72.2 cm³/mol. The number of nitrogens with one attached hydrogen (secondary N) is 2. The summed E-state index contributed by atoms with van der Waals surface area (Å²) >= 11 is 1.57. The number of nitrogens with zero attached hydrogens (tertiary/aromatic N) is 1. The molecule has 0 unspecified atom stereocenters. The van der Waals surface area contributed by atoms with Crippen LogP contribution < -0.4 is 10.6 Å². The van der Waals surface area contributed by atoms with Crippen molar-refractivity contribution in [2.24, 2.45) is 0 Å². The zero-order valence-electron chi connectivity index (χ0n) is 10.7. The summed E-state index contributed by atoms with van der Waals surface area (Å²) in [4.78, 5) is 24.1. The van der Waals surface area contributed by atoms with Gasteiger partial charge in [0.1, 0.15) is 0 Å². The van der Waals surface area contributed by atoms with Crippen molar-refractivity contribution in [2.45, 2.75) is 18.9 Å². The van der Waals surface area contributed by atoms with E-state index in [1.165, 1.54) is 0 Å². The Kier molecular flexibility index (Phi) is 4.06. The van der Waals surface area contributed by atoms with Gasteiger partial charge in [-0.15, -0.1) is 0 Å². The van der Waals surface area contributed by atoms with Crippen molar-refractivity contribution < 1.29 is 14.7 Å². The van der Waals surface area contributed by atoms with Crippen LogP contribution in [0.3, 0.4) is 0 Å². The molecule has 2 rings (SSSR count). The smallest absolute Gasteiger partial charge is 0.325 e. The van der Waals surface area contributed by atoms with Crippen molar-refractivity contribution in [1.82, 2.24) is 15.5 Å². The zero-order chi connectivity index (χ0) is 13.9. The molecule has 0 aliphatic carbocycles. The van der Waals surface area contributed by atoms with Crippen molar-refractivity contribution >= 4 is 23.4 Å². The number of rotatable bonds is 4. The number of carbonyl (C=O) groups excluding carboxylic acids is 2. The molecule has 1 saturated heterocycles. The summed E-state index contributed by atoms with van der Waals surface area (Å²) in [6.07, 6.45) is 0.461. The molecular formula is C12H17N3O3S. The number of imide groups is 1. The van der Waals surface area contributed by atoms with Crippen LogP contribution in [0.5, 0.6) is 0 Å². The predicted octanol–water partition coefficient (Wildman–Crippen LogP) is 0.776. The minimum Gasteiger partial charge on any atom is -0.388 e. The van der Waals surface area contributed by atoms with Gasteiger partial charge < -0.3 is 15.7 Å². The summed E-state index contributed by atoms with van der Waals surface area (Å²) in [6, 6.07) is 1.07. The summed E-state index contributed by atoms with van der Waals surface area (Å²) < 4.78 is 0. The van der Waals surface area contributed by atoms with Crippen LogP contribution in [-0.2, 0) is 6.42 Å². The molecular weight excluding hydrogens is 266 g/mol. The highest BCUT2D eigenvalue weighted by molar-refractivity contribution is 7.07. The lowest BCUT2D eigenvalue weighted by molar-refractivity contribution is 0.0613. The molecule has 2 heterocycles. The molecule has 3 N–H and O–H groups in total. The number of carbonyl (C=O) groups is 2. The second kappa shape index (κ2) is 5.58. The van der Waals surface area contributed by atoms with Crippen molar-refractivity contribution in [3.63, 3.8) is 0 Å². The van der Waals surface area contributed by atoms with E-state index in [-0.39, 0.29) is 6.54 Å². The van der Waals surface area contributed by atoms with E-state index >= 15 is 0 Å². The number of urea groups is 2. The van der Waals surface area contributed by atoms with Crippen LogP contribution in [0, 0.1) is 0 Å². The SMILES string of the molecule is C[C@@](O)(CNC(=O)N1CCNC1=O)Cc1ccsc1. The Morgan fingerprint density at radius 2 is 2.47 bits per heavy atom. The molecule has 0 aromatic carbocycles. The van der Waals surface area contributed by atoms with E-state index in [1.807, 2.05) is 16.8 Å². The van der Waals surface area contributed by atoms with E-state index in [2.05, 4.69) is 10.6 Å². The van der Waals surface area contributed by atoms with Crippen molar-refractivity contribution in [2.75, 3.05) is 19.6 Å². The first-order valence-corrected chi connectivity index (χ1v) is 6.99. The van der Waals surface area contributed by atoms with Crippen molar-refractivity contribution in [3.05, 3.63) is 22.4 Å². The van der Waals surface area contributed by atoms with E-state index in [0.29, 0.717) is 19.5 Å². The summed E-state index contributed by atoms with van der Waals surface area (Å²) in [6.45, 7) is 2.59. The zero-order valence-corrected chi connectivity index (χ0v) is 11.5. The lowest BCUT2D eigenvalue weighted by Gasteiger charge is -2.24. The number of thiophene rings is 1. The third kappa shape index (κ3) is 3.68. The average molecular weight is 283 g/mol. The second-order valence-corrected chi connectivity index (χ2v) is 5.63. The van der Waals surface area contributed by atoms with Gasteiger partial charge in [0, 0.05) is 26.1 Å². The third-order valence-corrected chi connectivity index (χ3v) is 3.62. The quantitative estimate of drug-likeness (QED) is 0.763. The summed E-state index contributed by atoms with van der Waals surface area (Å²) in [5.41, 5.74) is -0.00408. The fraction of sp³-hybridized carbons (Fsp3) is 0.500. The number of hydrogen-bond acceptors (Lipinski definition) is 4. The first-order chi connectivity index (χ1) is 8.98. The monoisotopic (exact) mass is 283 g/mol. The lowest BCUT2D eigenvalue weighted by Crippen LogP contribution is -2.48. The molecule has 0 saturated carbocycles. The highest BCUT2D eigenvalue weighted by Crippen LogP contribution is 2.15. The van der Waals surface area contributed by atoms with Gasteiger partial charge in [-0.05, 0) is 29.3 Å². The Morgan fingerprint density at radius 1 is 1.68 bits per heavy atom. The van der Waals surface area contributed by atoms with Crippen LogP contribution >= 0.6 is 11.3 Å². The van der Waals surface area contributed by atoms with E-state index in [9.17, 15) is 14.7 Å². The molecule has 104 valence electrons. The Hall–Kier alpha value is -1.60. The molecule has 6 nitrogen and oxygen atoms in total. The standard InChI is InChI=1S/C12H17N3O3S/c1-12(18,6-9-2-5-19-7-9)8-14-11(17)15-4-3-13-10(15)16/h2,5,7,18H,3-4,6,8H2,1H3,(H,13,16)(H,14,17)/t12-/m0/s1. The Morgan fingerprint density at radius 3 is 3.05 bits per heavy atom. The molecule has 0 radical (unpaired) electrons. The van der Waals surface area contributed by atoms with Gasteiger partial charge in [0.15, 0.2) is 0 Å². The first-order valence-electron chi connectivity index (χ1n) is 6.05. The Labute approximate surface area is 115 Å². The van der Waals surface area contributed by atoms with Gasteiger partial charge in [-0.25, -0.2) is 14.5 Å². The van der Waals surface area contributed by atoms with Gasteiger partial charge in [0.05, 0.1) is 5.60 Å². The van der Waals surface area contributed by atoms with Gasteiger partial charge in [-0.3, -0.25) is 0 Å². The van der Waals surface area contributed by atoms with Crippen LogP contribution in [-0.4, -0.2) is 47.3 Å². The maximum absolute atomic E-state index is 11.7. The fourth-order valence-corrected chi connectivity index (χ4v) is 2.59. The Bertz CT molecular complexity index is 459. The molecule has 1 fully saturated rings. The van der Waals surface area contributed by atoms with Crippen LogP contribution in [0.1, 0.15) is 12.5 Å². The highest BCUT2D eigenvalue weighted by Gasteiger charge is 2.28. The van der Waals surface area contributed by atoms with Crippen LogP contribution in [0.4, 0.5) is 9.59 Å². The molecule has 19 heavy (non-hydrogen) atoms. The van der Waals surface area contributed by atoms with Crippen LogP contribution in [0.15, 0.2) is 16.8 Å². The summed E-state index contributed by atoms with van der Waals surface area (Å²) in [5.74, 6) is 0. The minimum atomic E-state index is -1.03. The summed E-state index contributed by atoms with van der Waals surface area (Å²) in [5, 5.41) is 19.3. The average Bonchev–Trinajstić information content (AvgIpc) is 2.97. The molecule has 0 spiro atoms. The van der Waals surface area contributed by atoms with Crippen LogP contribution in [0.25, 0.3) is 0 Å². The maximum Gasteiger partial charge on any atom is 0.325 e. The molecule has 1 atom stereocenters. The molecule has 4 amide bonds. The second-order valence-electron chi connectivity index (χ2n) is 4.85. The summed E-state index contributed by atoms with van der Waals surface area (Å²) in [7, 11) is 0. The molecule has 1 aliphatic rings. The van der Waals surface area contributed by atoms with Gasteiger partial charge in [0.25, 0.3) is 0 Å². The van der Waals surface area contributed by atoms with Crippen molar-refractivity contribution in [3.8, 4) is 0 Å². The van der Waals surface area contributed by atoms with Crippen molar-refractivity contribution in [1.29, 1.82) is 0 Å². The minimum absolute atomic E-state index is 0.103. The van der Waals surface area contributed by atoms with Gasteiger partial charge >= 0.3 is 12.1 Å². The maximum atomic E-state index is 11.7. The van der Waals surface area contributed by atoms with E-state index in [1.54, 1.807) is 18.3 Å². The molecule has 0 bridgehead atoms. The number of amides is 4. The topological polar surface area (TPSA) is 81.7 Å². The Balaban J connectivity index is 1.83. The fourth-order valence-electron chi connectivity index (χ4n) is 1.92. The number of hydrogen-bond donors (Lipinski definition) is 3. The van der Waals surface area contributed by atoms with E-state index < -0.39 is 17.7 Å². The lowest BCUT2D eigenvalue weighted by atomic mass is 9.98. The van der Waals surface area contributed by atoms with E-state index in [4.69, 9.17) is 0 Å². The number of aliphatic hydroxyl groups is 1. The van der Waals surface area contributed by atoms with Gasteiger partial charge in [-0.2, -0.15) is 11.3 Å². The van der Waals surface area contributed by atoms with Gasteiger partial charge in [0.2, 0.25) is 0 Å². The molecule has 1 aromatic heterocycles. The molecule has 7 heteroatoms. The third-order valence-electron chi connectivity index (χ3n) is 2.89. The largest absolute Gasteiger partial charge is 0.388 e. The first kappa shape index (κ1) is 13.8. The highest BCUT2D eigenvalue weighted by atomic mass is 32.1. The molecule has 1 aliphatic heterocycles. The van der Waals surface area contributed by atoms with E-state index in [0.717, 1.165) is 10.5 Å². The molecule has 1 aromatic rings.